The number of rotatable bonds is 6. The monoisotopic (exact) mass is 477 g/mol. The predicted molar refractivity (Wildman–Crippen MR) is 125 cm³/mol. The molecule has 34 heavy (non-hydrogen) atoms. The van der Waals surface area contributed by atoms with Crippen molar-refractivity contribution in [2.45, 2.75) is 53.4 Å². The summed E-state index contributed by atoms with van der Waals surface area (Å²) in [5.74, 6) is -0.462. The van der Waals surface area contributed by atoms with Crippen LogP contribution in [0, 0.1) is 12.3 Å². The number of carbonyl (C=O) groups is 2. The van der Waals surface area contributed by atoms with Crippen LogP contribution in [-0.4, -0.2) is 36.3 Å². The first-order valence-corrected chi connectivity index (χ1v) is 11.1. The lowest BCUT2D eigenvalue weighted by molar-refractivity contribution is -0.274. The van der Waals surface area contributed by atoms with E-state index >= 15 is 0 Å². The summed E-state index contributed by atoms with van der Waals surface area (Å²) in [7, 11) is 0. The zero-order valence-corrected chi connectivity index (χ0v) is 19.8. The van der Waals surface area contributed by atoms with Gasteiger partial charge in [0.15, 0.2) is 0 Å². The third kappa shape index (κ3) is 7.13. The number of benzene rings is 2. The van der Waals surface area contributed by atoms with Gasteiger partial charge in [0.05, 0.1) is 11.4 Å². The van der Waals surface area contributed by atoms with Crippen LogP contribution >= 0.6 is 0 Å². The number of carbonyl (C=O) groups excluding carboxylic acids is 2. The minimum Gasteiger partial charge on any atom is -0.406 e. The lowest BCUT2D eigenvalue weighted by Gasteiger charge is -2.36. The Morgan fingerprint density at radius 3 is 2.50 bits per heavy atom. The number of alkyl halides is 3. The van der Waals surface area contributed by atoms with Crippen molar-refractivity contribution in [1.82, 2.24) is 4.90 Å². The van der Waals surface area contributed by atoms with E-state index in [-0.39, 0.29) is 29.6 Å². The van der Waals surface area contributed by atoms with Crippen LogP contribution in [-0.2, 0) is 11.3 Å². The highest BCUT2D eigenvalue weighted by atomic mass is 19.4. The van der Waals surface area contributed by atoms with E-state index in [2.05, 4.69) is 10.1 Å². The van der Waals surface area contributed by atoms with Gasteiger partial charge >= 0.3 is 12.4 Å². The Hall–Kier alpha value is -3.23. The molecule has 2 aromatic carbocycles. The predicted octanol–water partition coefficient (Wildman–Crippen LogP) is 6.10. The van der Waals surface area contributed by atoms with Crippen LogP contribution in [0.15, 0.2) is 42.5 Å². The average molecular weight is 478 g/mol. The standard InChI is InChI=1S/C25H30F3N3O3/c1-17-9-10-21(20(13-17)29-22(32)15-24(2,3)4)31-12-6-11-30(23(31)33)16-18-7-5-8-19(14-18)34-25(26,27)28/h5,7-10,13-14H,6,11-12,15-16H2,1-4H3,(H,29,32). The summed E-state index contributed by atoms with van der Waals surface area (Å²) in [6, 6.07) is 10.9. The van der Waals surface area contributed by atoms with Gasteiger partial charge in [-0.3, -0.25) is 9.69 Å². The number of anilines is 2. The molecule has 2 aromatic rings. The van der Waals surface area contributed by atoms with Crippen molar-refractivity contribution in [3.8, 4) is 5.75 Å². The molecule has 9 heteroatoms. The molecule has 1 heterocycles. The SMILES string of the molecule is Cc1ccc(N2CCCN(Cc3cccc(OC(F)(F)F)c3)C2=O)c(NC(=O)CC(C)(C)C)c1. The van der Waals surface area contributed by atoms with Crippen molar-refractivity contribution in [2.75, 3.05) is 23.3 Å². The summed E-state index contributed by atoms with van der Waals surface area (Å²) in [6.45, 7) is 8.92. The van der Waals surface area contributed by atoms with E-state index in [1.165, 1.54) is 18.2 Å². The Kier molecular flexibility index (Phi) is 7.43. The zero-order valence-electron chi connectivity index (χ0n) is 19.8. The van der Waals surface area contributed by atoms with E-state index in [9.17, 15) is 22.8 Å². The molecule has 0 saturated carbocycles. The van der Waals surface area contributed by atoms with Gasteiger partial charge in [0, 0.05) is 26.1 Å². The van der Waals surface area contributed by atoms with Gasteiger partial charge in [-0.2, -0.15) is 0 Å². The number of halogens is 3. The number of urea groups is 1. The van der Waals surface area contributed by atoms with Crippen molar-refractivity contribution in [3.63, 3.8) is 0 Å². The molecule has 1 aliphatic rings. The summed E-state index contributed by atoms with van der Waals surface area (Å²) < 4.78 is 41.7. The first kappa shape index (κ1) is 25.4. The van der Waals surface area contributed by atoms with Crippen LogP contribution in [0.4, 0.5) is 29.3 Å². The van der Waals surface area contributed by atoms with E-state index in [1.807, 2.05) is 39.8 Å². The number of nitrogens with one attached hydrogen (secondary N) is 1. The van der Waals surface area contributed by atoms with E-state index in [0.29, 0.717) is 42.9 Å². The van der Waals surface area contributed by atoms with Crippen molar-refractivity contribution in [3.05, 3.63) is 53.6 Å². The van der Waals surface area contributed by atoms with Gasteiger partial charge < -0.3 is 15.0 Å². The van der Waals surface area contributed by atoms with Crippen LogP contribution in [0.1, 0.15) is 44.7 Å². The summed E-state index contributed by atoms with van der Waals surface area (Å²) >= 11 is 0. The van der Waals surface area contributed by atoms with E-state index < -0.39 is 6.36 Å². The van der Waals surface area contributed by atoms with E-state index in [1.54, 1.807) is 21.9 Å². The maximum Gasteiger partial charge on any atom is 0.573 e. The van der Waals surface area contributed by atoms with Gasteiger partial charge in [-0.25, -0.2) is 4.79 Å². The van der Waals surface area contributed by atoms with Crippen LogP contribution in [0.25, 0.3) is 0 Å². The second-order valence-electron chi connectivity index (χ2n) is 9.71. The fourth-order valence-corrected chi connectivity index (χ4v) is 3.87. The molecule has 0 atom stereocenters. The molecule has 6 nitrogen and oxygen atoms in total. The Labute approximate surface area is 197 Å². The smallest absolute Gasteiger partial charge is 0.406 e. The maximum absolute atomic E-state index is 13.3. The quantitative estimate of drug-likeness (QED) is 0.547. The first-order valence-electron chi connectivity index (χ1n) is 11.1. The van der Waals surface area contributed by atoms with Gasteiger partial charge in [0.25, 0.3) is 0 Å². The minimum absolute atomic E-state index is 0.137. The Morgan fingerprint density at radius 1 is 1.09 bits per heavy atom. The topological polar surface area (TPSA) is 61.9 Å². The van der Waals surface area contributed by atoms with Crippen molar-refractivity contribution in [1.29, 1.82) is 0 Å². The molecular formula is C25H30F3N3O3. The molecule has 0 aromatic heterocycles. The largest absolute Gasteiger partial charge is 0.573 e. The van der Waals surface area contributed by atoms with E-state index in [0.717, 1.165) is 5.56 Å². The van der Waals surface area contributed by atoms with Crippen LogP contribution < -0.4 is 15.0 Å². The highest BCUT2D eigenvalue weighted by molar-refractivity contribution is 6.01. The highest BCUT2D eigenvalue weighted by Gasteiger charge is 2.32. The van der Waals surface area contributed by atoms with Gasteiger partial charge in [-0.05, 0) is 54.2 Å². The molecule has 1 N–H and O–H groups in total. The number of hydrogen-bond donors (Lipinski definition) is 1. The van der Waals surface area contributed by atoms with Crippen LogP contribution in [0.3, 0.4) is 0 Å². The van der Waals surface area contributed by atoms with Crippen molar-refractivity contribution in [2.24, 2.45) is 5.41 Å². The lowest BCUT2D eigenvalue weighted by Crippen LogP contribution is -2.49. The van der Waals surface area contributed by atoms with Crippen LogP contribution in [0.2, 0.25) is 0 Å². The third-order valence-electron chi connectivity index (χ3n) is 5.22. The molecule has 0 aliphatic carbocycles. The highest BCUT2D eigenvalue weighted by Crippen LogP contribution is 2.32. The summed E-state index contributed by atoms with van der Waals surface area (Å²) in [5, 5.41) is 2.95. The molecule has 0 bridgehead atoms. The molecule has 1 fully saturated rings. The Bertz CT molecular complexity index is 1050. The van der Waals surface area contributed by atoms with Gasteiger partial charge in [0.2, 0.25) is 5.91 Å². The molecule has 3 amide bonds. The summed E-state index contributed by atoms with van der Waals surface area (Å²) in [4.78, 5) is 29.1. The molecule has 0 radical (unpaired) electrons. The van der Waals surface area contributed by atoms with Crippen molar-refractivity contribution < 1.29 is 27.5 Å². The number of hydrogen-bond acceptors (Lipinski definition) is 3. The van der Waals surface area contributed by atoms with Gasteiger partial charge in [0.1, 0.15) is 5.75 Å². The zero-order chi connectivity index (χ0) is 25.1. The first-order chi connectivity index (χ1) is 15.8. The minimum atomic E-state index is -4.78. The number of ether oxygens (including phenoxy) is 1. The second kappa shape index (κ2) is 9.95. The molecule has 1 aliphatic heterocycles. The lowest BCUT2D eigenvalue weighted by atomic mass is 9.92. The third-order valence-corrected chi connectivity index (χ3v) is 5.22. The van der Waals surface area contributed by atoms with E-state index in [4.69, 9.17) is 0 Å². The molecule has 0 unspecified atom stereocenters. The molecular weight excluding hydrogens is 447 g/mol. The average Bonchev–Trinajstić information content (AvgIpc) is 2.68. The van der Waals surface area contributed by atoms with Gasteiger partial charge in [-0.1, -0.05) is 39.0 Å². The summed E-state index contributed by atoms with van der Waals surface area (Å²) in [6.07, 6.45) is -3.78. The molecule has 0 spiro atoms. The Morgan fingerprint density at radius 2 is 1.82 bits per heavy atom. The van der Waals surface area contributed by atoms with Gasteiger partial charge in [-0.15, -0.1) is 13.2 Å². The van der Waals surface area contributed by atoms with Crippen molar-refractivity contribution >= 4 is 23.3 Å². The Balaban J connectivity index is 1.79. The summed E-state index contributed by atoms with van der Waals surface area (Å²) in [5.41, 5.74) is 2.44. The normalized spacial score (nSPS) is 14.9. The molecule has 3 rings (SSSR count). The second-order valence-corrected chi connectivity index (χ2v) is 9.71. The number of aryl methyl sites for hydroxylation is 1. The van der Waals surface area contributed by atoms with Crippen LogP contribution in [0.5, 0.6) is 5.75 Å². The number of amides is 3. The maximum atomic E-state index is 13.3. The fourth-order valence-electron chi connectivity index (χ4n) is 3.87. The molecule has 1 saturated heterocycles. The fraction of sp³-hybridized carbons (Fsp3) is 0.440. The molecule has 184 valence electrons. The number of nitrogens with zero attached hydrogens (tertiary/aromatic N) is 2.